The van der Waals surface area contributed by atoms with Crippen LogP contribution in [-0.2, 0) is 15.0 Å². The van der Waals surface area contributed by atoms with E-state index in [0.717, 1.165) is 10.0 Å². The van der Waals surface area contributed by atoms with Gasteiger partial charge >= 0.3 is 6.09 Å². The fourth-order valence-corrected chi connectivity index (χ4v) is 2.15. The third kappa shape index (κ3) is 3.48. The molecule has 0 aromatic heterocycles. The minimum atomic E-state index is -0.504. The van der Waals surface area contributed by atoms with Crippen LogP contribution < -0.4 is 5.32 Å². The molecule has 1 N–H and O–H groups in total. The van der Waals surface area contributed by atoms with E-state index in [1.807, 2.05) is 45.0 Å². The zero-order chi connectivity index (χ0) is 14.1. The summed E-state index contributed by atoms with van der Waals surface area (Å²) in [6.45, 7) is 6.46. The molecule has 0 unspecified atom stereocenters. The molecule has 5 heteroatoms. The second-order valence-electron chi connectivity index (χ2n) is 5.71. The predicted molar refractivity (Wildman–Crippen MR) is 76.0 cm³/mol. The Kier molecular flexibility index (Phi) is 3.87. The first kappa shape index (κ1) is 14.3. The second-order valence-corrected chi connectivity index (χ2v) is 6.62. The first-order chi connectivity index (χ1) is 8.81. The summed E-state index contributed by atoms with van der Waals surface area (Å²) in [5.74, 6) is 0. The quantitative estimate of drug-likeness (QED) is 0.907. The smallest absolute Gasteiger partial charge is 0.408 e. The summed E-state index contributed by atoms with van der Waals surface area (Å²) >= 11 is 3.40. The van der Waals surface area contributed by atoms with E-state index in [4.69, 9.17) is 9.47 Å². The summed E-state index contributed by atoms with van der Waals surface area (Å²) in [5, 5.41) is 2.92. The number of amides is 1. The summed E-state index contributed by atoms with van der Waals surface area (Å²) in [4.78, 5) is 11.9. The molecular formula is C14H18BrNO3. The monoisotopic (exact) mass is 327 g/mol. The number of nitrogens with one attached hydrogen (secondary N) is 1. The lowest BCUT2D eigenvalue weighted by atomic mass is 9.88. The van der Waals surface area contributed by atoms with Crippen LogP contribution in [0, 0.1) is 0 Å². The molecule has 1 amide bonds. The number of hydrogen-bond donors (Lipinski definition) is 1. The lowest BCUT2D eigenvalue weighted by Crippen LogP contribution is -2.60. The van der Waals surface area contributed by atoms with E-state index < -0.39 is 17.2 Å². The van der Waals surface area contributed by atoms with Crippen molar-refractivity contribution in [3.63, 3.8) is 0 Å². The summed E-state index contributed by atoms with van der Waals surface area (Å²) in [7, 11) is 0. The maximum absolute atomic E-state index is 11.9. The highest BCUT2D eigenvalue weighted by molar-refractivity contribution is 9.10. The Labute approximate surface area is 121 Å². The maximum atomic E-state index is 11.9. The maximum Gasteiger partial charge on any atom is 0.408 e. The van der Waals surface area contributed by atoms with Crippen molar-refractivity contribution in [2.24, 2.45) is 0 Å². The van der Waals surface area contributed by atoms with Gasteiger partial charge in [0.25, 0.3) is 0 Å². The van der Waals surface area contributed by atoms with E-state index in [1.54, 1.807) is 0 Å². The van der Waals surface area contributed by atoms with Crippen LogP contribution in [0.4, 0.5) is 4.79 Å². The molecule has 0 radical (unpaired) electrons. The van der Waals surface area contributed by atoms with Crippen molar-refractivity contribution < 1.29 is 14.3 Å². The number of carbonyl (C=O) groups excluding carboxylic acids is 1. The highest BCUT2D eigenvalue weighted by Gasteiger charge is 2.42. The van der Waals surface area contributed by atoms with Gasteiger partial charge in [-0.2, -0.15) is 0 Å². The Bertz CT molecular complexity index is 461. The average molecular weight is 328 g/mol. The fourth-order valence-electron chi connectivity index (χ4n) is 1.89. The third-order valence-corrected chi connectivity index (χ3v) is 3.36. The molecule has 1 saturated heterocycles. The Morgan fingerprint density at radius 1 is 1.32 bits per heavy atom. The molecule has 1 heterocycles. The van der Waals surface area contributed by atoms with E-state index in [9.17, 15) is 4.79 Å². The van der Waals surface area contributed by atoms with Gasteiger partial charge in [-0.25, -0.2) is 4.79 Å². The minimum Gasteiger partial charge on any atom is -0.444 e. The topological polar surface area (TPSA) is 47.6 Å². The summed E-state index contributed by atoms with van der Waals surface area (Å²) in [6, 6.07) is 7.85. The molecule has 1 aromatic rings. The van der Waals surface area contributed by atoms with E-state index in [0.29, 0.717) is 13.2 Å². The molecule has 1 fully saturated rings. The largest absolute Gasteiger partial charge is 0.444 e. The first-order valence-electron chi connectivity index (χ1n) is 6.16. The van der Waals surface area contributed by atoms with Crippen LogP contribution >= 0.6 is 15.9 Å². The number of hydrogen-bond acceptors (Lipinski definition) is 3. The van der Waals surface area contributed by atoms with Crippen molar-refractivity contribution in [2.75, 3.05) is 13.2 Å². The van der Waals surface area contributed by atoms with Gasteiger partial charge in [0.2, 0.25) is 0 Å². The molecule has 0 saturated carbocycles. The van der Waals surface area contributed by atoms with Gasteiger partial charge in [-0.1, -0.05) is 28.1 Å². The molecule has 2 rings (SSSR count). The molecule has 0 spiro atoms. The molecule has 4 nitrogen and oxygen atoms in total. The van der Waals surface area contributed by atoms with E-state index in [2.05, 4.69) is 21.2 Å². The molecule has 104 valence electrons. The van der Waals surface area contributed by atoms with Crippen LogP contribution in [0.1, 0.15) is 26.3 Å². The first-order valence-corrected chi connectivity index (χ1v) is 6.95. The molecule has 0 bridgehead atoms. The van der Waals surface area contributed by atoms with Gasteiger partial charge in [-0.15, -0.1) is 0 Å². The number of alkyl carbamates (subject to hydrolysis) is 1. The second kappa shape index (κ2) is 5.13. The van der Waals surface area contributed by atoms with Crippen molar-refractivity contribution in [2.45, 2.75) is 31.9 Å². The predicted octanol–water partition coefficient (Wildman–Crippen LogP) is 3.20. The lowest BCUT2D eigenvalue weighted by Gasteiger charge is -2.42. The van der Waals surface area contributed by atoms with Gasteiger partial charge in [0.05, 0.1) is 13.2 Å². The van der Waals surface area contributed by atoms with Gasteiger partial charge < -0.3 is 14.8 Å². The van der Waals surface area contributed by atoms with E-state index in [-0.39, 0.29) is 0 Å². The van der Waals surface area contributed by atoms with Crippen molar-refractivity contribution in [1.29, 1.82) is 0 Å². The Balaban J connectivity index is 2.11. The molecular weight excluding hydrogens is 310 g/mol. The van der Waals surface area contributed by atoms with Gasteiger partial charge in [0.15, 0.2) is 0 Å². The van der Waals surface area contributed by atoms with Gasteiger partial charge in [0, 0.05) is 4.47 Å². The Hall–Kier alpha value is -1.07. The van der Waals surface area contributed by atoms with Gasteiger partial charge in [0.1, 0.15) is 11.1 Å². The number of halogens is 1. The summed E-state index contributed by atoms with van der Waals surface area (Å²) in [5.41, 5.74) is 0.0475. The molecule has 1 aliphatic heterocycles. The number of benzene rings is 1. The SMILES string of the molecule is CC(C)(C)OC(=O)NC1(c2ccc(Br)cc2)COC1. The Morgan fingerprint density at radius 2 is 1.89 bits per heavy atom. The summed E-state index contributed by atoms with van der Waals surface area (Å²) in [6.07, 6.45) is -0.418. The minimum absolute atomic E-state index is 0.418. The van der Waals surface area contributed by atoms with E-state index in [1.165, 1.54) is 0 Å². The van der Waals surface area contributed by atoms with Crippen molar-refractivity contribution in [3.8, 4) is 0 Å². The summed E-state index contributed by atoms with van der Waals surface area (Å²) < 4.78 is 11.6. The van der Waals surface area contributed by atoms with Crippen molar-refractivity contribution >= 4 is 22.0 Å². The zero-order valence-electron chi connectivity index (χ0n) is 11.3. The Morgan fingerprint density at radius 3 is 2.32 bits per heavy atom. The third-order valence-electron chi connectivity index (χ3n) is 2.83. The van der Waals surface area contributed by atoms with Crippen LogP contribution in [0.15, 0.2) is 28.7 Å². The standard InChI is InChI=1S/C14H18BrNO3/c1-13(2,3)19-12(17)16-14(8-18-9-14)10-4-6-11(15)7-5-10/h4-7H,8-9H2,1-3H3,(H,16,17). The molecule has 1 aliphatic rings. The van der Waals surface area contributed by atoms with E-state index >= 15 is 0 Å². The van der Waals surface area contributed by atoms with Crippen molar-refractivity contribution in [3.05, 3.63) is 34.3 Å². The molecule has 0 atom stereocenters. The highest BCUT2D eigenvalue weighted by Crippen LogP contribution is 2.30. The molecule has 0 aliphatic carbocycles. The van der Waals surface area contributed by atoms with Crippen LogP contribution in [0.25, 0.3) is 0 Å². The molecule has 1 aromatic carbocycles. The zero-order valence-corrected chi connectivity index (χ0v) is 12.9. The normalized spacial score (nSPS) is 17.5. The lowest BCUT2D eigenvalue weighted by molar-refractivity contribution is -0.0797. The van der Waals surface area contributed by atoms with Crippen LogP contribution in [0.2, 0.25) is 0 Å². The van der Waals surface area contributed by atoms with Gasteiger partial charge in [-0.05, 0) is 38.5 Å². The number of carbonyl (C=O) groups is 1. The average Bonchev–Trinajstić information content (AvgIpc) is 2.22. The fraction of sp³-hybridized carbons (Fsp3) is 0.500. The van der Waals surface area contributed by atoms with Crippen LogP contribution in [0.3, 0.4) is 0 Å². The number of rotatable bonds is 2. The van der Waals surface area contributed by atoms with Crippen LogP contribution in [-0.4, -0.2) is 24.9 Å². The van der Waals surface area contributed by atoms with Crippen LogP contribution in [0.5, 0.6) is 0 Å². The van der Waals surface area contributed by atoms with Gasteiger partial charge in [-0.3, -0.25) is 0 Å². The highest BCUT2D eigenvalue weighted by atomic mass is 79.9. The van der Waals surface area contributed by atoms with Crippen molar-refractivity contribution in [1.82, 2.24) is 5.32 Å². The number of ether oxygens (including phenoxy) is 2. The molecule has 19 heavy (non-hydrogen) atoms.